The molecule has 2 aromatic heterocycles. The summed E-state index contributed by atoms with van der Waals surface area (Å²) in [6.07, 6.45) is 5.65. The van der Waals surface area contributed by atoms with Crippen LogP contribution in [0.2, 0.25) is 5.02 Å². The van der Waals surface area contributed by atoms with E-state index in [1.807, 2.05) is 42.7 Å². The van der Waals surface area contributed by atoms with Crippen molar-refractivity contribution in [1.82, 2.24) is 9.55 Å². The lowest BCUT2D eigenvalue weighted by atomic mass is 10.1. The van der Waals surface area contributed by atoms with Crippen molar-refractivity contribution < 1.29 is 0 Å². The summed E-state index contributed by atoms with van der Waals surface area (Å²) < 4.78 is 2.14. The van der Waals surface area contributed by atoms with Gasteiger partial charge in [0.25, 0.3) is 0 Å². The van der Waals surface area contributed by atoms with Gasteiger partial charge in [0.2, 0.25) is 0 Å². The Morgan fingerprint density at radius 3 is 2.86 bits per heavy atom. The fourth-order valence-electron chi connectivity index (χ4n) is 2.69. The van der Waals surface area contributed by atoms with Crippen LogP contribution < -0.4 is 0 Å². The molecule has 1 aliphatic rings. The molecule has 0 spiro atoms. The van der Waals surface area contributed by atoms with Crippen LogP contribution in [0.1, 0.15) is 16.8 Å². The Bertz CT molecular complexity index is 834. The molecule has 0 unspecified atom stereocenters. The number of rotatable bonds is 1. The molecule has 0 saturated heterocycles. The van der Waals surface area contributed by atoms with E-state index in [1.165, 1.54) is 0 Å². The highest BCUT2D eigenvalue weighted by Crippen LogP contribution is 2.29. The Kier molecular flexibility index (Phi) is 2.86. The van der Waals surface area contributed by atoms with Gasteiger partial charge < -0.3 is 4.57 Å². The van der Waals surface area contributed by atoms with Crippen LogP contribution >= 0.6 is 11.6 Å². The van der Waals surface area contributed by atoms with Crippen LogP contribution in [0.4, 0.5) is 0 Å². The van der Waals surface area contributed by atoms with Crippen molar-refractivity contribution in [3.63, 3.8) is 0 Å². The van der Waals surface area contributed by atoms with Gasteiger partial charge in [-0.15, -0.1) is 0 Å². The number of halogens is 1. The van der Waals surface area contributed by atoms with Crippen molar-refractivity contribution in [2.75, 3.05) is 0 Å². The maximum absolute atomic E-state index is 6.35. The van der Waals surface area contributed by atoms with Crippen molar-refractivity contribution in [2.24, 2.45) is 4.99 Å². The predicted molar refractivity (Wildman–Crippen MR) is 84.4 cm³/mol. The molecule has 0 N–H and O–H groups in total. The molecule has 4 rings (SSSR count). The molecule has 0 bridgehead atoms. The van der Waals surface area contributed by atoms with Gasteiger partial charge in [0, 0.05) is 34.7 Å². The minimum atomic E-state index is 0.570. The van der Waals surface area contributed by atoms with Gasteiger partial charge in [-0.2, -0.15) is 0 Å². The normalized spacial score (nSPS) is 13.1. The van der Waals surface area contributed by atoms with Crippen molar-refractivity contribution >= 4 is 17.3 Å². The number of benzene rings is 1. The molecule has 1 aromatic carbocycles. The van der Waals surface area contributed by atoms with Gasteiger partial charge in [-0.05, 0) is 36.4 Å². The van der Waals surface area contributed by atoms with E-state index in [4.69, 9.17) is 16.6 Å². The molecule has 1 aliphatic heterocycles. The third kappa shape index (κ3) is 1.98. The molecule has 0 saturated carbocycles. The van der Waals surface area contributed by atoms with E-state index in [-0.39, 0.29) is 0 Å². The molecule has 0 aliphatic carbocycles. The molecular formula is C17H12ClN3. The third-order valence-corrected chi connectivity index (χ3v) is 4.03. The second kappa shape index (κ2) is 4.86. The quantitative estimate of drug-likeness (QED) is 0.670. The summed E-state index contributed by atoms with van der Waals surface area (Å²) in [5, 5.41) is 0.753. The minimum Gasteiger partial charge on any atom is -0.315 e. The highest BCUT2D eigenvalue weighted by molar-refractivity contribution is 6.31. The first-order valence-corrected chi connectivity index (χ1v) is 7.13. The van der Waals surface area contributed by atoms with E-state index in [9.17, 15) is 0 Å². The maximum Gasteiger partial charge on any atom is 0.0906 e. The zero-order valence-corrected chi connectivity index (χ0v) is 12.0. The molecule has 3 nitrogen and oxygen atoms in total. The number of hydrogen-bond acceptors (Lipinski definition) is 2. The Morgan fingerprint density at radius 2 is 2.00 bits per heavy atom. The van der Waals surface area contributed by atoms with E-state index in [1.54, 1.807) is 6.20 Å². The van der Waals surface area contributed by atoms with Gasteiger partial charge >= 0.3 is 0 Å². The van der Waals surface area contributed by atoms with Gasteiger partial charge in [0.1, 0.15) is 0 Å². The van der Waals surface area contributed by atoms with E-state index in [0.717, 1.165) is 33.2 Å². The first-order valence-electron chi connectivity index (χ1n) is 6.75. The van der Waals surface area contributed by atoms with Gasteiger partial charge in [0.05, 0.1) is 23.6 Å². The number of fused-ring (bicyclic) bond motifs is 3. The largest absolute Gasteiger partial charge is 0.315 e. The first-order chi connectivity index (χ1) is 10.3. The summed E-state index contributed by atoms with van der Waals surface area (Å²) in [5.41, 5.74) is 5.16. The summed E-state index contributed by atoms with van der Waals surface area (Å²) in [5.74, 6) is 0. The highest BCUT2D eigenvalue weighted by atomic mass is 35.5. The predicted octanol–water partition coefficient (Wildman–Crippen LogP) is 3.88. The Hall–Kier alpha value is -2.39. The van der Waals surface area contributed by atoms with Crippen molar-refractivity contribution in [3.05, 3.63) is 82.9 Å². The second-order valence-corrected chi connectivity index (χ2v) is 5.31. The van der Waals surface area contributed by atoms with Gasteiger partial charge in [-0.1, -0.05) is 17.7 Å². The average molecular weight is 294 g/mol. The third-order valence-electron chi connectivity index (χ3n) is 3.68. The van der Waals surface area contributed by atoms with Gasteiger partial charge in [0.15, 0.2) is 0 Å². The molecule has 3 aromatic rings. The van der Waals surface area contributed by atoms with Crippen LogP contribution in [-0.4, -0.2) is 15.3 Å². The van der Waals surface area contributed by atoms with Crippen LogP contribution in [0.15, 0.2) is 66.0 Å². The lowest BCUT2D eigenvalue weighted by molar-refractivity contribution is 1.02. The molecule has 3 heterocycles. The van der Waals surface area contributed by atoms with Crippen LogP contribution in [0.25, 0.3) is 5.69 Å². The van der Waals surface area contributed by atoms with Crippen molar-refractivity contribution in [2.45, 2.75) is 6.54 Å². The van der Waals surface area contributed by atoms with E-state index in [2.05, 4.69) is 21.7 Å². The van der Waals surface area contributed by atoms with Crippen LogP contribution in [0.5, 0.6) is 0 Å². The standard InChI is InChI=1S/C17H12ClN3/c18-14-5-1-6-15-13(14)11-20-17(12-4-2-8-19-10-12)16-7-3-9-21(15)16/h1-10H,11H2. The summed E-state index contributed by atoms with van der Waals surface area (Å²) >= 11 is 6.35. The summed E-state index contributed by atoms with van der Waals surface area (Å²) in [4.78, 5) is 8.98. The van der Waals surface area contributed by atoms with Crippen LogP contribution in [-0.2, 0) is 6.54 Å². The monoisotopic (exact) mass is 293 g/mol. The average Bonchev–Trinajstić information content (AvgIpc) is 2.93. The molecule has 0 radical (unpaired) electrons. The number of aromatic nitrogens is 2. The summed E-state index contributed by atoms with van der Waals surface area (Å²) in [6.45, 7) is 0.570. The van der Waals surface area contributed by atoms with E-state index in [0.29, 0.717) is 6.54 Å². The van der Waals surface area contributed by atoms with Gasteiger partial charge in [-0.3, -0.25) is 9.98 Å². The smallest absolute Gasteiger partial charge is 0.0906 e. The Balaban J connectivity index is 1.97. The zero-order chi connectivity index (χ0) is 14.2. The van der Waals surface area contributed by atoms with Crippen molar-refractivity contribution in [3.8, 4) is 5.69 Å². The van der Waals surface area contributed by atoms with E-state index >= 15 is 0 Å². The molecular weight excluding hydrogens is 282 g/mol. The van der Waals surface area contributed by atoms with Crippen LogP contribution in [0.3, 0.4) is 0 Å². The highest BCUT2D eigenvalue weighted by Gasteiger charge is 2.19. The number of aliphatic imine (C=N–C) groups is 1. The summed E-state index contributed by atoms with van der Waals surface area (Å²) in [7, 11) is 0. The minimum absolute atomic E-state index is 0.570. The van der Waals surface area contributed by atoms with Crippen molar-refractivity contribution in [1.29, 1.82) is 0 Å². The molecule has 0 amide bonds. The lowest BCUT2D eigenvalue weighted by Crippen LogP contribution is -2.08. The second-order valence-electron chi connectivity index (χ2n) is 4.91. The Labute approximate surface area is 127 Å². The molecule has 0 fully saturated rings. The topological polar surface area (TPSA) is 30.2 Å². The molecule has 21 heavy (non-hydrogen) atoms. The fourth-order valence-corrected chi connectivity index (χ4v) is 2.92. The molecule has 102 valence electrons. The zero-order valence-electron chi connectivity index (χ0n) is 11.2. The summed E-state index contributed by atoms with van der Waals surface area (Å²) in [6, 6.07) is 14.0. The molecule has 4 heteroatoms. The maximum atomic E-state index is 6.35. The first kappa shape index (κ1) is 12.4. The number of nitrogens with zero attached hydrogens (tertiary/aromatic N) is 3. The SMILES string of the molecule is Clc1cccc2c1CN=C(c1cccnc1)c1cccn1-2. The number of hydrogen-bond donors (Lipinski definition) is 0. The van der Waals surface area contributed by atoms with Gasteiger partial charge in [-0.25, -0.2) is 0 Å². The molecule has 0 atom stereocenters. The fraction of sp³-hybridized carbons (Fsp3) is 0.0588. The van der Waals surface area contributed by atoms with E-state index < -0.39 is 0 Å². The number of pyridine rings is 1. The lowest BCUT2D eigenvalue weighted by Gasteiger charge is -2.11. The Morgan fingerprint density at radius 1 is 1.05 bits per heavy atom. The van der Waals surface area contributed by atoms with Crippen LogP contribution in [0, 0.1) is 0 Å².